The number of aromatic nitrogens is 4. The van der Waals surface area contributed by atoms with Crippen LogP contribution in [0.3, 0.4) is 0 Å². The van der Waals surface area contributed by atoms with Crippen LogP contribution in [-0.4, -0.2) is 25.6 Å². The van der Waals surface area contributed by atoms with Crippen LogP contribution >= 0.6 is 0 Å². The summed E-state index contributed by atoms with van der Waals surface area (Å²) in [6.45, 7) is 3.39. The van der Waals surface area contributed by atoms with Crippen LogP contribution in [0.5, 0.6) is 0 Å². The van der Waals surface area contributed by atoms with Crippen molar-refractivity contribution >= 4 is 17.1 Å². The quantitative estimate of drug-likeness (QED) is 0.718. The maximum atomic E-state index is 12.2. The van der Waals surface area contributed by atoms with E-state index in [-0.39, 0.29) is 0 Å². The molecular weight excluding hydrogens is 306 g/mol. The Morgan fingerprint density at radius 2 is 1.96 bits per heavy atom. The summed E-state index contributed by atoms with van der Waals surface area (Å²) < 4.78 is 3.21. The van der Waals surface area contributed by atoms with Gasteiger partial charge in [-0.25, -0.2) is 4.79 Å². The summed E-state index contributed by atoms with van der Waals surface area (Å²) >= 11 is 0. The third-order valence-electron chi connectivity index (χ3n) is 3.99. The number of aromatic amines is 1. The number of fused-ring (bicyclic) bond motifs is 1. The van der Waals surface area contributed by atoms with Crippen molar-refractivity contribution in [2.24, 2.45) is 7.05 Å². The maximum Gasteiger partial charge on any atom is 0.329 e. The number of imidazole rings is 1. The van der Waals surface area contributed by atoms with Gasteiger partial charge >= 0.3 is 5.69 Å². The highest BCUT2D eigenvalue weighted by atomic mass is 16.2. The van der Waals surface area contributed by atoms with E-state index in [9.17, 15) is 9.59 Å². The van der Waals surface area contributed by atoms with Gasteiger partial charge in [-0.05, 0) is 18.4 Å². The molecule has 0 saturated heterocycles. The number of nitrogens with one attached hydrogen (secondary N) is 2. The molecule has 7 nitrogen and oxygen atoms in total. The average molecular weight is 327 g/mol. The Morgan fingerprint density at radius 1 is 1.21 bits per heavy atom. The summed E-state index contributed by atoms with van der Waals surface area (Å²) in [5.74, 6) is 0.620. The normalized spacial score (nSPS) is 11.1. The molecule has 0 spiro atoms. The summed E-state index contributed by atoms with van der Waals surface area (Å²) in [6.07, 6.45) is 1.71. The van der Waals surface area contributed by atoms with Gasteiger partial charge in [0.25, 0.3) is 5.56 Å². The molecule has 0 aliphatic carbocycles. The van der Waals surface area contributed by atoms with Gasteiger partial charge < -0.3 is 9.88 Å². The fraction of sp³-hybridized carbons (Fsp3) is 0.353. The molecule has 1 aromatic carbocycles. The molecule has 0 saturated carbocycles. The van der Waals surface area contributed by atoms with Crippen molar-refractivity contribution in [1.82, 2.24) is 19.1 Å². The first-order valence-electron chi connectivity index (χ1n) is 8.09. The molecule has 0 amide bonds. The van der Waals surface area contributed by atoms with Crippen LogP contribution in [0.25, 0.3) is 11.2 Å². The molecule has 2 heterocycles. The van der Waals surface area contributed by atoms with Gasteiger partial charge in [0, 0.05) is 20.1 Å². The average Bonchev–Trinajstić information content (AvgIpc) is 2.93. The van der Waals surface area contributed by atoms with E-state index in [0.717, 1.165) is 12.8 Å². The lowest BCUT2D eigenvalue weighted by molar-refractivity contribution is 0.696. The van der Waals surface area contributed by atoms with Crippen molar-refractivity contribution < 1.29 is 0 Å². The van der Waals surface area contributed by atoms with E-state index < -0.39 is 11.2 Å². The van der Waals surface area contributed by atoms with E-state index in [0.29, 0.717) is 30.2 Å². The standard InChI is InChI=1S/C17H21N5O2/c1-3-11-22-13-14(21(2)17(24)20-15(13)23)19-16(22)18-10-9-12-7-5-4-6-8-12/h4-8H,3,9-11H2,1-2H3,(H,18,19)(H,20,23,24). The second kappa shape index (κ2) is 6.74. The highest BCUT2D eigenvalue weighted by molar-refractivity contribution is 5.74. The van der Waals surface area contributed by atoms with Crippen molar-refractivity contribution in [3.05, 3.63) is 56.7 Å². The Morgan fingerprint density at radius 3 is 2.67 bits per heavy atom. The molecule has 0 aliphatic rings. The molecule has 0 bridgehead atoms. The van der Waals surface area contributed by atoms with Crippen LogP contribution in [0, 0.1) is 0 Å². The third-order valence-corrected chi connectivity index (χ3v) is 3.99. The summed E-state index contributed by atoms with van der Waals surface area (Å²) in [5.41, 5.74) is 1.21. The number of anilines is 1. The first-order valence-corrected chi connectivity index (χ1v) is 8.09. The van der Waals surface area contributed by atoms with Crippen LogP contribution < -0.4 is 16.6 Å². The minimum atomic E-state index is -0.454. The Bertz CT molecular complexity index is 953. The van der Waals surface area contributed by atoms with Crippen LogP contribution in [0.2, 0.25) is 0 Å². The molecule has 0 aliphatic heterocycles. The molecular formula is C17H21N5O2. The molecule has 24 heavy (non-hydrogen) atoms. The first kappa shape index (κ1) is 16.0. The number of aryl methyl sites for hydroxylation is 2. The van der Waals surface area contributed by atoms with E-state index in [1.54, 1.807) is 7.05 Å². The van der Waals surface area contributed by atoms with Crippen molar-refractivity contribution in [2.75, 3.05) is 11.9 Å². The Kier molecular flexibility index (Phi) is 4.50. The van der Waals surface area contributed by atoms with E-state index >= 15 is 0 Å². The lowest BCUT2D eigenvalue weighted by Crippen LogP contribution is -2.29. The maximum absolute atomic E-state index is 12.2. The number of nitrogens with zero attached hydrogens (tertiary/aromatic N) is 3. The zero-order valence-corrected chi connectivity index (χ0v) is 13.9. The molecule has 2 aromatic heterocycles. The van der Waals surface area contributed by atoms with Gasteiger partial charge in [0.2, 0.25) is 5.95 Å². The lowest BCUT2D eigenvalue weighted by atomic mass is 10.1. The van der Waals surface area contributed by atoms with E-state index in [4.69, 9.17) is 0 Å². The van der Waals surface area contributed by atoms with Gasteiger partial charge in [0.05, 0.1) is 0 Å². The highest BCUT2D eigenvalue weighted by Crippen LogP contribution is 2.16. The summed E-state index contributed by atoms with van der Waals surface area (Å²) in [4.78, 5) is 30.8. The van der Waals surface area contributed by atoms with Crippen molar-refractivity contribution in [3.8, 4) is 0 Å². The first-order chi connectivity index (χ1) is 11.6. The zero-order chi connectivity index (χ0) is 17.1. The monoisotopic (exact) mass is 327 g/mol. The molecule has 0 fully saturated rings. The van der Waals surface area contributed by atoms with Gasteiger partial charge in [-0.3, -0.25) is 14.3 Å². The summed E-state index contributed by atoms with van der Waals surface area (Å²) in [7, 11) is 1.61. The van der Waals surface area contributed by atoms with E-state index in [1.807, 2.05) is 29.7 Å². The molecule has 0 atom stereocenters. The van der Waals surface area contributed by atoms with Crippen molar-refractivity contribution in [2.45, 2.75) is 26.3 Å². The van der Waals surface area contributed by atoms with Crippen LogP contribution in [-0.2, 0) is 20.0 Å². The lowest BCUT2D eigenvalue weighted by Gasteiger charge is -2.09. The second-order valence-electron chi connectivity index (χ2n) is 5.74. The number of hydrogen-bond acceptors (Lipinski definition) is 4. The van der Waals surface area contributed by atoms with Crippen molar-refractivity contribution in [3.63, 3.8) is 0 Å². The number of hydrogen-bond donors (Lipinski definition) is 2. The molecule has 0 radical (unpaired) electrons. The van der Waals surface area contributed by atoms with Gasteiger partial charge in [-0.15, -0.1) is 0 Å². The Labute approximate surface area is 139 Å². The van der Waals surface area contributed by atoms with Gasteiger partial charge in [0.15, 0.2) is 11.2 Å². The topological polar surface area (TPSA) is 84.7 Å². The van der Waals surface area contributed by atoms with Gasteiger partial charge in [0.1, 0.15) is 0 Å². The molecule has 3 rings (SSSR count). The fourth-order valence-electron chi connectivity index (χ4n) is 2.77. The predicted molar refractivity (Wildman–Crippen MR) is 94.5 cm³/mol. The number of H-pyrrole nitrogens is 1. The summed E-state index contributed by atoms with van der Waals surface area (Å²) in [5, 5.41) is 3.29. The molecule has 3 aromatic rings. The minimum absolute atomic E-state index is 0.398. The SMILES string of the molecule is CCCn1c(NCCc2ccccc2)nc2c1c(=O)[nH]c(=O)n2C. The molecule has 2 N–H and O–H groups in total. The largest absolute Gasteiger partial charge is 0.355 e. The van der Waals surface area contributed by atoms with Gasteiger partial charge in [-0.1, -0.05) is 37.3 Å². The van der Waals surface area contributed by atoms with Crippen molar-refractivity contribution in [1.29, 1.82) is 0 Å². The van der Waals surface area contributed by atoms with Crippen LogP contribution in [0.1, 0.15) is 18.9 Å². The third kappa shape index (κ3) is 2.97. The van der Waals surface area contributed by atoms with E-state index in [1.165, 1.54) is 10.1 Å². The second-order valence-corrected chi connectivity index (χ2v) is 5.74. The zero-order valence-electron chi connectivity index (χ0n) is 13.9. The molecule has 126 valence electrons. The Balaban J connectivity index is 1.93. The highest BCUT2D eigenvalue weighted by Gasteiger charge is 2.16. The summed E-state index contributed by atoms with van der Waals surface area (Å²) in [6, 6.07) is 10.2. The van der Waals surface area contributed by atoms with Crippen LogP contribution in [0.4, 0.5) is 5.95 Å². The predicted octanol–water partition coefficient (Wildman–Crippen LogP) is 1.49. The van der Waals surface area contributed by atoms with Crippen LogP contribution in [0.15, 0.2) is 39.9 Å². The van der Waals surface area contributed by atoms with Gasteiger partial charge in [-0.2, -0.15) is 4.98 Å². The fourth-order valence-corrected chi connectivity index (χ4v) is 2.77. The minimum Gasteiger partial charge on any atom is -0.355 e. The Hall–Kier alpha value is -2.83. The van der Waals surface area contributed by atoms with E-state index in [2.05, 4.69) is 27.4 Å². The smallest absolute Gasteiger partial charge is 0.329 e. The molecule has 7 heteroatoms. The molecule has 0 unspecified atom stereocenters. The number of rotatable bonds is 6. The number of benzene rings is 1.